The average Bonchev–Trinajstić information content (AvgIpc) is 3.60. The van der Waals surface area contributed by atoms with E-state index in [1.165, 1.54) is 0 Å². The summed E-state index contributed by atoms with van der Waals surface area (Å²) < 4.78 is 13.0. The number of nitrogens with one attached hydrogen (secondary N) is 1. The van der Waals surface area contributed by atoms with Crippen molar-refractivity contribution in [2.45, 2.75) is 5.92 Å². The van der Waals surface area contributed by atoms with E-state index in [4.69, 9.17) is 14.5 Å². The molecular formula is C27H19N5O3. The van der Waals surface area contributed by atoms with E-state index in [-0.39, 0.29) is 12.7 Å². The molecule has 170 valence electrons. The van der Waals surface area contributed by atoms with Crippen LogP contribution in [0.3, 0.4) is 0 Å². The molecular weight excluding hydrogens is 442 g/mol. The van der Waals surface area contributed by atoms with E-state index in [0.717, 1.165) is 22.5 Å². The molecule has 1 aromatic heterocycles. The molecule has 1 N–H and O–H groups in total. The predicted octanol–water partition coefficient (Wildman–Crippen LogP) is 4.54. The Labute approximate surface area is 201 Å². The molecule has 0 saturated heterocycles. The monoisotopic (exact) mass is 461 g/mol. The fraction of sp³-hybridized carbons (Fsp3) is 0.111. The first-order valence-electron chi connectivity index (χ1n) is 11.0. The van der Waals surface area contributed by atoms with Gasteiger partial charge < -0.3 is 19.4 Å². The lowest BCUT2D eigenvalue weighted by atomic mass is 9.90. The van der Waals surface area contributed by atoms with Crippen LogP contribution in [-0.2, 0) is 11.8 Å². The maximum absolute atomic E-state index is 13.2. The standard InChI is InChI=1S/C27H19N5O3/c1-32-11-10-29-26(32)17-3-6-19(7-4-17)30-25(18-5-9-22-23(13-18)35-15-34-22)24-20-8-2-16(14-28)12-21(20)31-27(24)33/h2-13,24H,15H2,1H3,(H,31,33). The number of benzene rings is 3. The highest BCUT2D eigenvalue weighted by Crippen LogP contribution is 2.39. The van der Waals surface area contributed by atoms with Crippen molar-refractivity contribution in [1.82, 2.24) is 9.55 Å². The van der Waals surface area contributed by atoms with Gasteiger partial charge in [0.25, 0.3) is 0 Å². The maximum Gasteiger partial charge on any atom is 0.238 e. The SMILES string of the molecule is Cn1ccnc1-c1ccc(N=C(c2ccc3c(c2)OCO3)C2C(=O)Nc3cc(C#N)ccc32)cc1. The van der Waals surface area contributed by atoms with E-state index >= 15 is 0 Å². The molecule has 0 aliphatic carbocycles. The zero-order chi connectivity index (χ0) is 23.9. The van der Waals surface area contributed by atoms with E-state index in [1.54, 1.807) is 18.3 Å². The van der Waals surface area contributed by atoms with Gasteiger partial charge in [-0.3, -0.25) is 9.79 Å². The topological polar surface area (TPSA) is 102 Å². The van der Waals surface area contributed by atoms with Crippen molar-refractivity contribution in [3.05, 3.63) is 89.7 Å². The lowest BCUT2D eigenvalue weighted by Gasteiger charge is -2.15. The molecule has 3 aromatic carbocycles. The summed E-state index contributed by atoms with van der Waals surface area (Å²) in [7, 11) is 1.94. The molecule has 0 radical (unpaired) electrons. The second-order valence-electron chi connectivity index (χ2n) is 8.31. The molecule has 35 heavy (non-hydrogen) atoms. The minimum absolute atomic E-state index is 0.156. The number of ether oxygens (including phenoxy) is 2. The van der Waals surface area contributed by atoms with Crippen molar-refractivity contribution < 1.29 is 14.3 Å². The average molecular weight is 461 g/mol. The van der Waals surface area contributed by atoms with Crippen molar-refractivity contribution in [1.29, 1.82) is 5.26 Å². The third-order valence-corrected chi connectivity index (χ3v) is 6.15. The van der Waals surface area contributed by atoms with Crippen LogP contribution in [-0.4, -0.2) is 28.0 Å². The predicted molar refractivity (Wildman–Crippen MR) is 130 cm³/mol. The molecule has 0 saturated carbocycles. The lowest BCUT2D eigenvalue weighted by Crippen LogP contribution is -2.22. The first-order chi connectivity index (χ1) is 17.1. The molecule has 0 spiro atoms. The highest BCUT2D eigenvalue weighted by atomic mass is 16.7. The molecule has 0 bridgehead atoms. The first kappa shape index (κ1) is 20.7. The van der Waals surface area contributed by atoms with Gasteiger partial charge >= 0.3 is 0 Å². The third kappa shape index (κ3) is 3.60. The number of aliphatic imine (C=N–C) groups is 1. The molecule has 1 atom stereocenters. The van der Waals surface area contributed by atoms with Gasteiger partial charge in [0, 0.05) is 36.3 Å². The maximum atomic E-state index is 13.2. The number of carbonyl (C=O) groups is 1. The fourth-order valence-corrected chi connectivity index (χ4v) is 4.42. The summed E-state index contributed by atoms with van der Waals surface area (Å²) in [4.78, 5) is 22.5. The number of fused-ring (bicyclic) bond motifs is 2. The van der Waals surface area contributed by atoms with E-state index < -0.39 is 5.92 Å². The summed E-state index contributed by atoms with van der Waals surface area (Å²) in [5, 5.41) is 12.2. The largest absolute Gasteiger partial charge is 0.454 e. The number of hydrogen-bond acceptors (Lipinski definition) is 6. The van der Waals surface area contributed by atoms with Gasteiger partial charge in [0.05, 0.1) is 23.0 Å². The Hall–Kier alpha value is -4.90. The number of nitriles is 1. The van der Waals surface area contributed by atoms with E-state index in [0.29, 0.717) is 34.1 Å². The van der Waals surface area contributed by atoms with Crippen molar-refractivity contribution >= 4 is 23.0 Å². The molecule has 2 aliphatic heterocycles. The summed E-state index contributed by atoms with van der Waals surface area (Å²) in [5.74, 6) is 1.28. The number of carbonyl (C=O) groups excluding carboxylic acids is 1. The highest BCUT2D eigenvalue weighted by Gasteiger charge is 2.36. The molecule has 3 heterocycles. The van der Waals surface area contributed by atoms with Crippen LogP contribution in [0.5, 0.6) is 11.5 Å². The van der Waals surface area contributed by atoms with Gasteiger partial charge in [-0.05, 0) is 60.2 Å². The summed E-state index contributed by atoms with van der Waals surface area (Å²) in [6.07, 6.45) is 3.65. The van der Waals surface area contributed by atoms with Crippen LogP contribution in [0.4, 0.5) is 11.4 Å². The van der Waals surface area contributed by atoms with E-state index in [9.17, 15) is 10.1 Å². The summed E-state index contributed by atoms with van der Waals surface area (Å²) in [6, 6.07) is 20.6. The summed E-state index contributed by atoms with van der Waals surface area (Å²) in [5.41, 5.74) is 4.87. The highest BCUT2D eigenvalue weighted by molar-refractivity contribution is 6.24. The second kappa shape index (κ2) is 8.15. The van der Waals surface area contributed by atoms with Crippen molar-refractivity contribution in [3.8, 4) is 29.0 Å². The van der Waals surface area contributed by atoms with Crippen LogP contribution >= 0.6 is 0 Å². The smallest absolute Gasteiger partial charge is 0.238 e. The van der Waals surface area contributed by atoms with E-state index in [1.807, 2.05) is 66.3 Å². The number of hydrogen-bond donors (Lipinski definition) is 1. The van der Waals surface area contributed by atoms with Gasteiger partial charge in [0.2, 0.25) is 12.7 Å². The quantitative estimate of drug-likeness (QED) is 0.450. The zero-order valence-corrected chi connectivity index (χ0v) is 18.7. The zero-order valence-electron chi connectivity index (χ0n) is 18.7. The number of imidazole rings is 1. The second-order valence-corrected chi connectivity index (χ2v) is 8.31. The minimum Gasteiger partial charge on any atom is -0.454 e. The van der Waals surface area contributed by atoms with Crippen LogP contribution < -0.4 is 14.8 Å². The third-order valence-electron chi connectivity index (χ3n) is 6.15. The molecule has 0 fully saturated rings. The van der Waals surface area contributed by atoms with Crippen LogP contribution in [0.1, 0.15) is 22.6 Å². The number of aromatic nitrogens is 2. The Bertz CT molecular complexity index is 1550. The van der Waals surface area contributed by atoms with Crippen LogP contribution in [0.25, 0.3) is 11.4 Å². The molecule has 1 amide bonds. The molecule has 2 aliphatic rings. The van der Waals surface area contributed by atoms with Gasteiger partial charge in [-0.25, -0.2) is 4.98 Å². The summed E-state index contributed by atoms with van der Waals surface area (Å²) in [6.45, 7) is 0.156. The van der Waals surface area contributed by atoms with Crippen LogP contribution in [0.15, 0.2) is 78.0 Å². The normalized spacial score (nSPS) is 16.1. The number of nitrogens with zero attached hydrogens (tertiary/aromatic N) is 4. The Morgan fingerprint density at radius 1 is 1.11 bits per heavy atom. The van der Waals surface area contributed by atoms with Crippen LogP contribution in [0.2, 0.25) is 0 Å². The Morgan fingerprint density at radius 2 is 1.94 bits per heavy atom. The fourth-order valence-electron chi connectivity index (χ4n) is 4.42. The van der Waals surface area contributed by atoms with Gasteiger partial charge in [-0.1, -0.05) is 6.07 Å². The lowest BCUT2D eigenvalue weighted by molar-refractivity contribution is -0.115. The molecule has 1 unspecified atom stereocenters. The van der Waals surface area contributed by atoms with E-state index in [2.05, 4.69) is 16.4 Å². The van der Waals surface area contributed by atoms with Gasteiger partial charge in [-0.2, -0.15) is 5.26 Å². The van der Waals surface area contributed by atoms with Gasteiger partial charge in [-0.15, -0.1) is 0 Å². The molecule has 6 rings (SSSR count). The number of amides is 1. The van der Waals surface area contributed by atoms with Gasteiger partial charge in [0.1, 0.15) is 11.7 Å². The Kier molecular flexibility index (Phi) is 4.82. The number of anilines is 1. The van der Waals surface area contributed by atoms with Gasteiger partial charge in [0.15, 0.2) is 11.5 Å². The Balaban J connectivity index is 1.46. The van der Waals surface area contributed by atoms with Crippen molar-refractivity contribution in [3.63, 3.8) is 0 Å². The first-order valence-corrected chi connectivity index (χ1v) is 11.0. The van der Waals surface area contributed by atoms with Crippen LogP contribution in [0, 0.1) is 11.3 Å². The molecule has 8 nitrogen and oxygen atoms in total. The Morgan fingerprint density at radius 3 is 2.71 bits per heavy atom. The molecule has 8 heteroatoms. The summed E-state index contributed by atoms with van der Waals surface area (Å²) >= 11 is 0. The van der Waals surface area contributed by atoms with Crippen molar-refractivity contribution in [2.75, 3.05) is 12.1 Å². The number of aryl methyl sites for hydroxylation is 1. The number of rotatable bonds is 4. The minimum atomic E-state index is -0.646. The molecule has 4 aromatic rings. The van der Waals surface area contributed by atoms with Crippen molar-refractivity contribution in [2.24, 2.45) is 12.0 Å².